The van der Waals surface area contributed by atoms with E-state index < -0.39 is 5.97 Å². The van der Waals surface area contributed by atoms with Crippen molar-refractivity contribution >= 4 is 17.6 Å². The third-order valence-corrected chi connectivity index (χ3v) is 3.56. The van der Waals surface area contributed by atoms with Crippen LogP contribution < -0.4 is 4.74 Å². The lowest BCUT2D eigenvalue weighted by Crippen LogP contribution is -2.04. The highest BCUT2D eigenvalue weighted by molar-refractivity contribution is 6.31. The van der Waals surface area contributed by atoms with Crippen molar-refractivity contribution in [1.29, 1.82) is 0 Å². The Bertz CT molecular complexity index is 711. The number of halogens is 1. The number of aryl methyl sites for hydroxylation is 1. The van der Waals surface area contributed by atoms with Gasteiger partial charge in [0.25, 0.3) is 0 Å². The van der Waals surface area contributed by atoms with Crippen LogP contribution in [0.4, 0.5) is 0 Å². The number of rotatable bonds is 4. The van der Waals surface area contributed by atoms with Gasteiger partial charge in [0, 0.05) is 28.0 Å². The van der Waals surface area contributed by atoms with Gasteiger partial charge in [-0.2, -0.15) is 0 Å². The molecule has 0 radical (unpaired) electrons. The predicted molar refractivity (Wildman–Crippen MR) is 80.0 cm³/mol. The van der Waals surface area contributed by atoms with Gasteiger partial charge in [-0.25, -0.2) is 4.79 Å². The molecule has 5 heteroatoms. The number of pyridine rings is 1. The number of hydrogen-bond donors (Lipinski definition) is 1. The lowest BCUT2D eigenvalue weighted by molar-refractivity contribution is 0.0697. The number of carboxylic acids is 1. The summed E-state index contributed by atoms with van der Waals surface area (Å²) in [5.74, 6) is -0.357. The molecule has 1 heterocycles. The zero-order chi connectivity index (χ0) is 15.0. The van der Waals surface area contributed by atoms with Crippen molar-refractivity contribution in [2.24, 2.45) is 0 Å². The Balaban J connectivity index is 2.16. The summed E-state index contributed by atoms with van der Waals surface area (Å²) in [5.41, 5.74) is 2.15. The zero-order valence-electron chi connectivity index (χ0n) is 11.5. The molecular formula is C16H14ClNO3. The smallest absolute Gasteiger partial charge is 0.337 e. The minimum Gasteiger partial charge on any atom is -0.490 e. The highest BCUT2D eigenvalue weighted by Crippen LogP contribution is 2.38. The molecule has 0 saturated heterocycles. The first-order valence-electron chi connectivity index (χ1n) is 6.71. The van der Waals surface area contributed by atoms with Crippen LogP contribution >= 0.6 is 11.6 Å². The second kappa shape index (κ2) is 5.37. The Kier molecular flexibility index (Phi) is 3.55. The van der Waals surface area contributed by atoms with E-state index in [1.54, 1.807) is 24.3 Å². The molecule has 0 bridgehead atoms. The maximum Gasteiger partial charge on any atom is 0.337 e. The molecule has 1 saturated carbocycles. The van der Waals surface area contributed by atoms with E-state index >= 15 is 0 Å². The monoisotopic (exact) mass is 303 g/mol. The number of nitrogens with zero attached hydrogens (tertiary/aromatic N) is 1. The van der Waals surface area contributed by atoms with E-state index in [1.807, 2.05) is 6.92 Å². The number of benzene rings is 1. The van der Waals surface area contributed by atoms with Gasteiger partial charge in [-0.1, -0.05) is 11.6 Å². The van der Waals surface area contributed by atoms with Crippen molar-refractivity contribution in [1.82, 2.24) is 4.98 Å². The average molecular weight is 304 g/mol. The molecule has 0 amide bonds. The molecule has 0 unspecified atom stereocenters. The van der Waals surface area contributed by atoms with E-state index in [1.165, 1.54) is 6.20 Å². The van der Waals surface area contributed by atoms with Gasteiger partial charge in [-0.3, -0.25) is 4.98 Å². The molecule has 0 aliphatic heterocycles. The first kappa shape index (κ1) is 13.9. The molecule has 3 rings (SSSR count). The molecule has 108 valence electrons. The van der Waals surface area contributed by atoms with Gasteiger partial charge in [0.15, 0.2) is 0 Å². The van der Waals surface area contributed by atoms with Crippen LogP contribution in [-0.2, 0) is 0 Å². The molecule has 1 aromatic heterocycles. The number of aromatic nitrogens is 1. The summed E-state index contributed by atoms with van der Waals surface area (Å²) < 4.78 is 5.87. The SMILES string of the molecule is Cc1cc(-c2cc(Cl)ccc2OC2CC2)c(C(=O)O)cn1. The van der Waals surface area contributed by atoms with E-state index in [2.05, 4.69) is 4.98 Å². The molecule has 1 fully saturated rings. The van der Waals surface area contributed by atoms with Gasteiger partial charge in [-0.05, 0) is 44.0 Å². The molecule has 1 aliphatic rings. The molecule has 1 aromatic carbocycles. The Morgan fingerprint density at radius 2 is 2.10 bits per heavy atom. The van der Waals surface area contributed by atoms with Crippen molar-refractivity contribution in [3.05, 3.63) is 46.7 Å². The lowest BCUT2D eigenvalue weighted by atomic mass is 10.00. The Labute approximate surface area is 127 Å². The van der Waals surface area contributed by atoms with Gasteiger partial charge in [0.2, 0.25) is 0 Å². The number of carboxylic acid groups (broad SMARTS) is 1. The maximum atomic E-state index is 11.4. The number of aromatic carboxylic acids is 1. The molecule has 0 atom stereocenters. The van der Waals surface area contributed by atoms with Crippen LogP contribution in [0.1, 0.15) is 28.9 Å². The van der Waals surface area contributed by atoms with E-state index in [0.29, 0.717) is 21.9 Å². The molecular weight excluding hydrogens is 290 g/mol. The lowest BCUT2D eigenvalue weighted by Gasteiger charge is -2.14. The van der Waals surface area contributed by atoms with Crippen molar-refractivity contribution in [2.75, 3.05) is 0 Å². The third-order valence-electron chi connectivity index (χ3n) is 3.32. The third kappa shape index (κ3) is 3.00. The van der Waals surface area contributed by atoms with Crippen LogP contribution in [0.15, 0.2) is 30.5 Å². The minimum atomic E-state index is -1.02. The van der Waals surface area contributed by atoms with Gasteiger partial charge >= 0.3 is 5.97 Å². The topological polar surface area (TPSA) is 59.4 Å². The fourth-order valence-corrected chi connectivity index (χ4v) is 2.31. The summed E-state index contributed by atoms with van der Waals surface area (Å²) in [4.78, 5) is 15.5. The molecule has 1 aliphatic carbocycles. The van der Waals surface area contributed by atoms with Crippen LogP contribution in [-0.4, -0.2) is 22.2 Å². The summed E-state index contributed by atoms with van der Waals surface area (Å²) in [5, 5.41) is 9.90. The quantitative estimate of drug-likeness (QED) is 0.929. The largest absolute Gasteiger partial charge is 0.490 e. The van der Waals surface area contributed by atoms with Gasteiger partial charge in [0.05, 0.1) is 11.7 Å². The second-order valence-corrected chi connectivity index (χ2v) is 5.57. The van der Waals surface area contributed by atoms with Crippen LogP contribution in [0.25, 0.3) is 11.1 Å². The number of hydrogen-bond acceptors (Lipinski definition) is 3. The van der Waals surface area contributed by atoms with E-state index in [4.69, 9.17) is 16.3 Å². The van der Waals surface area contributed by atoms with Crippen LogP contribution in [0.5, 0.6) is 5.75 Å². The Morgan fingerprint density at radius 1 is 1.33 bits per heavy atom. The average Bonchev–Trinajstić information content (AvgIpc) is 3.24. The van der Waals surface area contributed by atoms with Gasteiger partial charge in [0.1, 0.15) is 5.75 Å². The number of carbonyl (C=O) groups is 1. The second-order valence-electron chi connectivity index (χ2n) is 5.13. The van der Waals surface area contributed by atoms with Gasteiger partial charge in [-0.15, -0.1) is 0 Å². The molecule has 21 heavy (non-hydrogen) atoms. The van der Waals surface area contributed by atoms with Crippen LogP contribution in [0.2, 0.25) is 5.02 Å². The van der Waals surface area contributed by atoms with Crippen LogP contribution in [0, 0.1) is 6.92 Å². The molecule has 4 nitrogen and oxygen atoms in total. The molecule has 1 N–H and O–H groups in total. The minimum absolute atomic E-state index is 0.142. The fraction of sp³-hybridized carbons (Fsp3) is 0.250. The highest BCUT2D eigenvalue weighted by Gasteiger charge is 2.25. The van der Waals surface area contributed by atoms with Crippen molar-refractivity contribution in [2.45, 2.75) is 25.9 Å². The normalized spacial score (nSPS) is 14.0. The summed E-state index contributed by atoms with van der Waals surface area (Å²) >= 11 is 6.07. The van der Waals surface area contributed by atoms with Crippen LogP contribution in [0.3, 0.4) is 0 Å². The summed E-state index contributed by atoms with van der Waals surface area (Å²) in [7, 11) is 0. The molecule has 0 spiro atoms. The predicted octanol–water partition coefficient (Wildman–Crippen LogP) is 3.95. The fourth-order valence-electron chi connectivity index (χ4n) is 2.13. The van der Waals surface area contributed by atoms with Gasteiger partial charge < -0.3 is 9.84 Å². The summed E-state index contributed by atoms with van der Waals surface area (Å²) in [6, 6.07) is 7.02. The standard InChI is InChI=1S/C16H14ClNO3/c1-9-6-12(14(8-18-9)16(19)20)13-7-10(17)2-5-15(13)21-11-3-4-11/h2,5-8,11H,3-4H2,1H3,(H,19,20). The van der Waals surface area contributed by atoms with E-state index in [9.17, 15) is 9.90 Å². The van der Waals surface area contributed by atoms with E-state index in [0.717, 1.165) is 18.5 Å². The maximum absolute atomic E-state index is 11.4. The first-order valence-corrected chi connectivity index (χ1v) is 7.09. The zero-order valence-corrected chi connectivity index (χ0v) is 12.2. The van der Waals surface area contributed by atoms with Crippen molar-refractivity contribution in [3.63, 3.8) is 0 Å². The summed E-state index contributed by atoms with van der Waals surface area (Å²) in [6.07, 6.45) is 3.66. The number of ether oxygens (including phenoxy) is 1. The molecule has 2 aromatic rings. The highest BCUT2D eigenvalue weighted by atomic mass is 35.5. The van der Waals surface area contributed by atoms with Crippen molar-refractivity contribution in [3.8, 4) is 16.9 Å². The van der Waals surface area contributed by atoms with E-state index in [-0.39, 0.29) is 11.7 Å². The first-order chi connectivity index (χ1) is 10.0. The summed E-state index contributed by atoms with van der Waals surface area (Å²) in [6.45, 7) is 1.82. The Hall–Kier alpha value is -2.07. The van der Waals surface area contributed by atoms with Crippen molar-refractivity contribution < 1.29 is 14.6 Å². The Morgan fingerprint density at radius 3 is 2.76 bits per heavy atom.